The number of carbonyl (C=O) groups excluding carboxylic acids is 2. The number of hydrogen-bond donors (Lipinski definition) is 6. The second-order valence-electron chi connectivity index (χ2n) is 9.33. The first-order valence-electron chi connectivity index (χ1n) is 11.8. The van der Waals surface area contributed by atoms with Gasteiger partial charge in [0.2, 0.25) is 11.8 Å². The summed E-state index contributed by atoms with van der Waals surface area (Å²) in [5.74, 6) is -0.0164. The Balaban J connectivity index is 1.46. The van der Waals surface area contributed by atoms with Crippen LogP contribution < -0.4 is 21.3 Å². The van der Waals surface area contributed by atoms with E-state index in [1.54, 1.807) is 30.3 Å². The predicted octanol–water partition coefficient (Wildman–Crippen LogP) is 1.68. The van der Waals surface area contributed by atoms with Gasteiger partial charge in [0.15, 0.2) is 0 Å². The minimum Gasteiger partial charge on any atom is -0.393 e. The van der Waals surface area contributed by atoms with Crippen molar-refractivity contribution in [1.82, 2.24) is 26.2 Å². The van der Waals surface area contributed by atoms with Crippen molar-refractivity contribution in [2.75, 3.05) is 13.6 Å². The summed E-state index contributed by atoms with van der Waals surface area (Å²) in [5, 5.41) is 27.5. The minimum absolute atomic E-state index is 0.0778. The SMILES string of the molecule is CN/C=C(\C=N)c1cc(F)cc(CNC(=O)C2C=C(N3CCC(C=N)(C4CC4)C3=O)NC(C)N2)c1. The highest BCUT2D eigenvalue weighted by Crippen LogP contribution is 2.50. The van der Waals surface area contributed by atoms with Crippen LogP contribution in [0.25, 0.3) is 5.57 Å². The maximum Gasteiger partial charge on any atom is 0.241 e. The fraction of sp³-hybridized carbons (Fsp3) is 0.440. The second kappa shape index (κ2) is 9.99. The zero-order valence-corrected chi connectivity index (χ0v) is 20.0. The van der Waals surface area contributed by atoms with Crippen LogP contribution in [0, 0.1) is 28.0 Å². The Labute approximate surface area is 204 Å². The van der Waals surface area contributed by atoms with Gasteiger partial charge in [-0.3, -0.25) is 19.8 Å². The Bertz CT molecular complexity index is 1100. The van der Waals surface area contributed by atoms with Gasteiger partial charge in [-0.05, 0) is 67.5 Å². The molecule has 35 heavy (non-hydrogen) atoms. The summed E-state index contributed by atoms with van der Waals surface area (Å²) in [7, 11) is 1.70. The summed E-state index contributed by atoms with van der Waals surface area (Å²) in [5.41, 5.74) is 0.898. The number of halogens is 1. The number of benzene rings is 1. The van der Waals surface area contributed by atoms with Crippen molar-refractivity contribution in [2.45, 2.75) is 44.9 Å². The smallest absolute Gasteiger partial charge is 0.241 e. The van der Waals surface area contributed by atoms with E-state index >= 15 is 0 Å². The molecular formula is C25H32FN7O2. The largest absolute Gasteiger partial charge is 0.393 e. The zero-order chi connectivity index (χ0) is 25.2. The van der Waals surface area contributed by atoms with Gasteiger partial charge in [0, 0.05) is 44.3 Å². The summed E-state index contributed by atoms with van der Waals surface area (Å²) in [6, 6.07) is 3.74. The van der Waals surface area contributed by atoms with Gasteiger partial charge in [0.1, 0.15) is 17.7 Å². The number of amides is 2. The summed E-state index contributed by atoms with van der Waals surface area (Å²) in [6.45, 7) is 2.48. The number of allylic oxidation sites excluding steroid dienone is 1. The minimum atomic E-state index is -0.722. The summed E-state index contributed by atoms with van der Waals surface area (Å²) < 4.78 is 14.2. The Hall–Kier alpha value is -3.53. The lowest BCUT2D eigenvalue weighted by atomic mass is 9.82. The van der Waals surface area contributed by atoms with Crippen LogP contribution in [-0.2, 0) is 16.1 Å². The van der Waals surface area contributed by atoms with E-state index in [4.69, 9.17) is 10.8 Å². The molecule has 3 atom stereocenters. The third kappa shape index (κ3) is 4.97. The first kappa shape index (κ1) is 24.6. The lowest BCUT2D eigenvalue weighted by Gasteiger charge is -2.34. The molecule has 2 amide bonds. The van der Waals surface area contributed by atoms with Crippen LogP contribution in [0.2, 0.25) is 0 Å². The predicted molar refractivity (Wildman–Crippen MR) is 132 cm³/mol. The molecule has 4 rings (SSSR count). The van der Waals surface area contributed by atoms with Gasteiger partial charge < -0.3 is 26.8 Å². The maximum atomic E-state index is 14.2. The Morgan fingerprint density at radius 2 is 2.09 bits per heavy atom. The number of nitrogens with zero attached hydrogens (tertiary/aromatic N) is 1. The van der Waals surface area contributed by atoms with Crippen molar-refractivity contribution < 1.29 is 14.0 Å². The molecule has 1 saturated carbocycles. The van der Waals surface area contributed by atoms with Gasteiger partial charge in [-0.1, -0.05) is 0 Å². The number of rotatable bonds is 9. The van der Waals surface area contributed by atoms with Crippen molar-refractivity contribution in [1.29, 1.82) is 10.8 Å². The van der Waals surface area contributed by atoms with Gasteiger partial charge in [0.05, 0.1) is 11.6 Å². The molecule has 2 fully saturated rings. The van der Waals surface area contributed by atoms with E-state index in [2.05, 4.69) is 21.3 Å². The normalized spacial score (nSPS) is 26.6. The third-order valence-electron chi connectivity index (χ3n) is 6.86. The molecule has 1 aromatic rings. The number of hydrogen-bond acceptors (Lipinski definition) is 7. The van der Waals surface area contributed by atoms with E-state index < -0.39 is 17.3 Å². The fourth-order valence-electron chi connectivity index (χ4n) is 4.90. The Morgan fingerprint density at radius 3 is 2.74 bits per heavy atom. The molecule has 1 aromatic carbocycles. The first-order chi connectivity index (χ1) is 16.8. The highest BCUT2D eigenvalue weighted by Gasteiger charge is 2.55. The van der Waals surface area contributed by atoms with Crippen LogP contribution in [0.15, 0.2) is 36.3 Å². The lowest BCUT2D eigenvalue weighted by Crippen LogP contribution is -2.57. The lowest BCUT2D eigenvalue weighted by molar-refractivity contribution is -0.132. The van der Waals surface area contributed by atoms with Gasteiger partial charge in [-0.25, -0.2) is 4.39 Å². The van der Waals surface area contributed by atoms with Crippen LogP contribution in [0.5, 0.6) is 0 Å². The molecule has 0 aromatic heterocycles. The monoisotopic (exact) mass is 481 g/mol. The summed E-state index contributed by atoms with van der Waals surface area (Å²) in [6.07, 6.45) is 8.04. The average molecular weight is 482 g/mol. The van der Waals surface area contributed by atoms with Gasteiger partial charge in [0.25, 0.3) is 0 Å². The second-order valence-corrected chi connectivity index (χ2v) is 9.33. The molecule has 0 bridgehead atoms. The molecule has 0 spiro atoms. The molecule has 186 valence electrons. The third-order valence-corrected chi connectivity index (χ3v) is 6.86. The van der Waals surface area contributed by atoms with Crippen LogP contribution in [0.4, 0.5) is 4.39 Å². The van der Waals surface area contributed by atoms with E-state index in [9.17, 15) is 14.0 Å². The van der Waals surface area contributed by atoms with Crippen molar-refractivity contribution in [3.63, 3.8) is 0 Å². The topological polar surface area (TPSA) is 133 Å². The number of nitrogens with one attached hydrogen (secondary N) is 6. The number of likely N-dealkylation sites (tertiary alicyclic amines) is 1. The summed E-state index contributed by atoms with van der Waals surface area (Å²) >= 11 is 0. The van der Waals surface area contributed by atoms with Gasteiger partial charge >= 0.3 is 0 Å². The van der Waals surface area contributed by atoms with Crippen molar-refractivity contribution in [3.05, 3.63) is 53.2 Å². The van der Waals surface area contributed by atoms with E-state index in [0.717, 1.165) is 19.1 Å². The molecule has 6 N–H and O–H groups in total. The molecular weight excluding hydrogens is 449 g/mol. The molecule has 10 heteroatoms. The standard InChI is InChI=1S/C25H32FN7O2/c1-15-31-21(10-22(32-15)33-6-5-25(14-28,24(33)35)19-3-4-19)23(34)30-12-16-7-17(9-20(26)8-16)18(11-27)13-29-2/h7-11,13-15,19,21,27-29,31-32H,3-6,12H2,1-2H3,(H,30,34)/b18-13+,27-11?,28-14?. The molecule has 2 aliphatic heterocycles. The van der Waals surface area contributed by atoms with E-state index in [0.29, 0.717) is 35.5 Å². The quantitative estimate of drug-likeness (QED) is 0.299. The van der Waals surface area contributed by atoms with Crippen LogP contribution in [0.3, 0.4) is 0 Å². The highest BCUT2D eigenvalue weighted by atomic mass is 19.1. The fourth-order valence-corrected chi connectivity index (χ4v) is 4.90. The van der Waals surface area contributed by atoms with Crippen molar-refractivity contribution in [2.24, 2.45) is 11.3 Å². The Morgan fingerprint density at radius 1 is 1.31 bits per heavy atom. The first-order valence-corrected chi connectivity index (χ1v) is 11.8. The molecule has 9 nitrogen and oxygen atoms in total. The molecule has 1 aliphatic carbocycles. The zero-order valence-electron chi connectivity index (χ0n) is 20.0. The molecule has 3 unspecified atom stereocenters. The summed E-state index contributed by atoms with van der Waals surface area (Å²) in [4.78, 5) is 27.9. The van der Waals surface area contributed by atoms with Crippen molar-refractivity contribution in [3.8, 4) is 0 Å². The maximum absolute atomic E-state index is 14.2. The van der Waals surface area contributed by atoms with Crippen LogP contribution in [-0.4, -0.2) is 54.9 Å². The number of carbonyl (C=O) groups is 2. The van der Waals surface area contributed by atoms with E-state index in [1.807, 2.05) is 6.92 Å². The van der Waals surface area contributed by atoms with Crippen molar-refractivity contribution >= 4 is 29.8 Å². The molecule has 2 heterocycles. The van der Waals surface area contributed by atoms with E-state index in [-0.39, 0.29) is 30.4 Å². The Kier molecular flexibility index (Phi) is 7.02. The molecule has 0 radical (unpaired) electrons. The van der Waals surface area contributed by atoms with Gasteiger partial charge in [-0.15, -0.1) is 0 Å². The molecule has 3 aliphatic rings. The van der Waals surface area contributed by atoms with Crippen LogP contribution >= 0.6 is 0 Å². The van der Waals surface area contributed by atoms with Gasteiger partial charge in [-0.2, -0.15) is 0 Å². The highest BCUT2D eigenvalue weighted by molar-refractivity contribution is 6.08. The van der Waals surface area contributed by atoms with E-state index in [1.165, 1.54) is 18.3 Å². The molecule has 1 saturated heterocycles. The van der Waals surface area contributed by atoms with Crippen LogP contribution in [0.1, 0.15) is 37.3 Å². The average Bonchev–Trinajstić information content (AvgIpc) is 3.63.